The fraction of sp³-hybridized carbons (Fsp3) is 0.0909. The van der Waals surface area contributed by atoms with Crippen LogP contribution in [0.5, 0.6) is 0 Å². The normalized spacial score (nSPS) is 10.8. The van der Waals surface area contributed by atoms with E-state index >= 15 is 0 Å². The van der Waals surface area contributed by atoms with E-state index in [-0.39, 0.29) is 0 Å². The molecule has 120 valence electrons. The van der Waals surface area contributed by atoms with Gasteiger partial charge in [0.1, 0.15) is 0 Å². The van der Waals surface area contributed by atoms with E-state index in [4.69, 9.17) is 5.73 Å². The van der Waals surface area contributed by atoms with E-state index in [0.29, 0.717) is 0 Å². The molecule has 0 bridgehead atoms. The molecule has 0 saturated heterocycles. The van der Waals surface area contributed by atoms with Gasteiger partial charge in [-0.2, -0.15) is 0 Å². The smallest absolute Gasteiger partial charge is 0.0427 e. The average Bonchev–Trinajstić information content (AvgIpc) is 2.63. The Morgan fingerprint density at radius 1 is 0.667 bits per heavy atom. The fourth-order valence-electron chi connectivity index (χ4n) is 2.59. The molecule has 2 heteroatoms. The Bertz CT molecular complexity index is 762. The minimum atomic E-state index is 0.799. The van der Waals surface area contributed by atoms with Crippen LogP contribution in [0.25, 0.3) is 6.08 Å². The third-order valence-corrected chi connectivity index (χ3v) is 3.87. The van der Waals surface area contributed by atoms with Gasteiger partial charge >= 0.3 is 0 Å². The Morgan fingerprint density at radius 2 is 1.21 bits per heavy atom. The lowest BCUT2D eigenvalue weighted by Crippen LogP contribution is -2.16. The van der Waals surface area contributed by atoms with Gasteiger partial charge in [0.15, 0.2) is 0 Å². The van der Waals surface area contributed by atoms with Crippen molar-refractivity contribution in [2.45, 2.75) is 13.1 Å². The summed E-state index contributed by atoms with van der Waals surface area (Å²) < 4.78 is 0. The second-order valence-corrected chi connectivity index (χ2v) is 5.86. The first-order valence-corrected chi connectivity index (χ1v) is 8.15. The molecule has 0 radical (unpaired) electrons. The average molecular weight is 314 g/mol. The Hall–Kier alpha value is -3.00. The monoisotopic (exact) mass is 314 g/mol. The Labute approximate surface area is 143 Å². The molecule has 2 nitrogen and oxygen atoms in total. The molecule has 0 atom stereocenters. The Kier molecular flexibility index (Phi) is 5.31. The first-order chi connectivity index (χ1) is 11.8. The predicted molar refractivity (Wildman–Crippen MR) is 102 cm³/mol. The van der Waals surface area contributed by atoms with E-state index in [9.17, 15) is 0 Å². The highest BCUT2D eigenvalue weighted by atomic mass is 15.1. The summed E-state index contributed by atoms with van der Waals surface area (Å²) in [5, 5.41) is 0. The van der Waals surface area contributed by atoms with Gasteiger partial charge in [-0.25, -0.2) is 0 Å². The summed E-state index contributed by atoms with van der Waals surface area (Å²) in [5.74, 6) is 0. The number of nitrogens with zero attached hydrogens (tertiary/aromatic N) is 1. The third-order valence-electron chi connectivity index (χ3n) is 3.87. The number of rotatable bonds is 6. The quantitative estimate of drug-likeness (QED) is 0.653. The van der Waals surface area contributed by atoms with Gasteiger partial charge in [0, 0.05) is 25.0 Å². The topological polar surface area (TPSA) is 29.3 Å². The maximum absolute atomic E-state index is 5.79. The van der Waals surface area contributed by atoms with Crippen molar-refractivity contribution >= 4 is 11.8 Å². The molecule has 3 aromatic carbocycles. The summed E-state index contributed by atoms with van der Waals surface area (Å²) >= 11 is 0. The van der Waals surface area contributed by atoms with Crippen LogP contribution in [0.4, 0.5) is 5.69 Å². The van der Waals surface area contributed by atoms with Crippen molar-refractivity contribution in [1.82, 2.24) is 4.90 Å². The van der Waals surface area contributed by atoms with Gasteiger partial charge in [0.2, 0.25) is 0 Å². The van der Waals surface area contributed by atoms with E-state index in [1.807, 2.05) is 24.3 Å². The number of nitrogens with two attached hydrogens (primary N) is 1. The van der Waals surface area contributed by atoms with Crippen molar-refractivity contribution in [2.24, 2.45) is 0 Å². The highest BCUT2D eigenvalue weighted by Gasteiger charge is 2.03. The van der Waals surface area contributed by atoms with Crippen LogP contribution in [0, 0.1) is 0 Å². The zero-order valence-corrected chi connectivity index (χ0v) is 13.7. The van der Waals surface area contributed by atoms with Crippen LogP contribution in [0.15, 0.2) is 91.1 Å². The summed E-state index contributed by atoms with van der Waals surface area (Å²) in [5.41, 5.74) is 10.3. The van der Waals surface area contributed by atoms with E-state index < -0.39 is 0 Å². The minimum absolute atomic E-state index is 0.799. The van der Waals surface area contributed by atoms with Gasteiger partial charge in [-0.05, 0) is 34.9 Å². The van der Waals surface area contributed by atoms with Gasteiger partial charge < -0.3 is 10.6 Å². The zero-order chi connectivity index (χ0) is 16.6. The van der Waals surface area contributed by atoms with Crippen molar-refractivity contribution in [3.05, 3.63) is 108 Å². The molecule has 3 aromatic rings. The van der Waals surface area contributed by atoms with Crippen LogP contribution >= 0.6 is 0 Å². The maximum atomic E-state index is 5.79. The van der Waals surface area contributed by atoms with Crippen LogP contribution in [-0.4, -0.2) is 4.90 Å². The molecule has 3 rings (SSSR count). The molecule has 0 heterocycles. The standard InChI is InChI=1S/C22H22N2/c23-22-13-11-21(12-14-22)18-24(17-20-9-5-2-6-10-20)16-15-19-7-3-1-4-8-19/h1-16H,17-18,23H2. The SMILES string of the molecule is Nc1ccc(CN(C=Cc2ccccc2)Cc2ccccc2)cc1. The number of benzene rings is 3. The molecule has 0 fully saturated rings. The van der Waals surface area contributed by atoms with Crippen molar-refractivity contribution in [3.63, 3.8) is 0 Å². The number of hydrogen-bond donors (Lipinski definition) is 1. The molecule has 0 aliphatic rings. The molecule has 0 saturated carbocycles. The molecule has 24 heavy (non-hydrogen) atoms. The molecule has 0 aliphatic carbocycles. The first-order valence-electron chi connectivity index (χ1n) is 8.15. The molecule has 0 aromatic heterocycles. The van der Waals surface area contributed by atoms with Gasteiger partial charge in [-0.3, -0.25) is 0 Å². The number of anilines is 1. The van der Waals surface area contributed by atoms with Crippen molar-refractivity contribution in [2.75, 3.05) is 5.73 Å². The van der Waals surface area contributed by atoms with Gasteiger partial charge in [0.25, 0.3) is 0 Å². The van der Waals surface area contributed by atoms with E-state index in [1.165, 1.54) is 16.7 Å². The van der Waals surface area contributed by atoms with Gasteiger partial charge in [-0.15, -0.1) is 0 Å². The second kappa shape index (κ2) is 8.02. The van der Waals surface area contributed by atoms with Crippen molar-refractivity contribution < 1.29 is 0 Å². The van der Waals surface area contributed by atoms with E-state index in [2.05, 4.69) is 77.8 Å². The number of nitrogen functional groups attached to an aromatic ring is 1. The summed E-state index contributed by atoms with van der Waals surface area (Å²) in [6.45, 7) is 1.72. The molecule has 2 N–H and O–H groups in total. The predicted octanol–water partition coefficient (Wildman–Crippen LogP) is 4.94. The molecule has 0 aliphatic heterocycles. The number of hydrogen-bond acceptors (Lipinski definition) is 2. The maximum Gasteiger partial charge on any atom is 0.0427 e. The van der Waals surface area contributed by atoms with Crippen LogP contribution in [-0.2, 0) is 13.1 Å². The van der Waals surface area contributed by atoms with Crippen molar-refractivity contribution in [1.29, 1.82) is 0 Å². The lowest BCUT2D eigenvalue weighted by atomic mass is 10.1. The van der Waals surface area contributed by atoms with Gasteiger partial charge in [0.05, 0.1) is 0 Å². The largest absolute Gasteiger partial charge is 0.399 e. The molecular weight excluding hydrogens is 292 g/mol. The van der Waals surface area contributed by atoms with Gasteiger partial charge in [-0.1, -0.05) is 72.8 Å². The first kappa shape index (κ1) is 15.9. The fourth-order valence-corrected chi connectivity index (χ4v) is 2.59. The summed E-state index contributed by atoms with van der Waals surface area (Å²) in [7, 11) is 0. The molecule has 0 spiro atoms. The lowest BCUT2D eigenvalue weighted by Gasteiger charge is -2.21. The van der Waals surface area contributed by atoms with E-state index in [1.54, 1.807) is 0 Å². The molecular formula is C22H22N2. The van der Waals surface area contributed by atoms with Crippen LogP contribution in [0.2, 0.25) is 0 Å². The lowest BCUT2D eigenvalue weighted by molar-refractivity contribution is 0.364. The summed E-state index contributed by atoms with van der Waals surface area (Å²) in [6.07, 6.45) is 4.32. The van der Waals surface area contributed by atoms with Crippen LogP contribution in [0.1, 0.15) is 16.7 Å². The molecule has 0 amide bonds. The second-order valence-electron chi connectivity index (χ2n) is 5.86. The zero-order valence-electron chi connectivity index (χ0n) is 13.7. The van der Waals surface area contributed by atoms with E-state index in [0.717, 1.165) is 18.8 Å². The third kappa shape index (κ3) is 4.75. The Balaban J connectivity index is 1.77. The minimum Gasteiger partial charge on any atom is -0.399 e. The highest BCUT2D eigenvalue weighted by molar-refractivity contribution is 5.48. The Morgan fingerprint density at radius 3 is 1.83 bits per heavy atom. The van der Waals surface area contributed by atoms with Crippen LogP contribution < -0.4 is 5.73 Å². The van der Waals surface area contributed by atoms with Crippen molar-refractivity contribution in [3.8, 4) is 0 Å². The summed E-state index contributed by atoms with van der Waals surface area (Å²) in [6, 6.07) is 29.0. The molecule has 0 unspecified atom stereocenters. The van der Waals surface area contributed by atoms with Crippen LogP contribution in [0.3, 0.4) is 0 Å². The highest BCUT2D eigenvalue weighted by Crippen LogP contribution is 2.13. The summed E-state index contributed by atoms with van der Waals surface area (Å²) in [4.78, 5) is 2.31.